The molecule has 1 aromatic heterocycles. The van der Waals surface area contributed by atoms with E-state index >= 15 is 0 Å². The third kappa shape index (κ3) is 2.44. The van der Waals surface area contributed by atoms with Crippen LogP contribution in [0.1, 0.15) is 46.1 Å². The van der Waals surface area contributed by atoms with Crippen LogP contribution in [0.15, 0.2) is 12.3 Å². The molecule has 4 nitrogen and oxygen atoms in total. The molecule has 0 N–H and O–H groups in total. The average molecular weight is 293 g/mol. The molecule has 1 aliphatic heterocycles. The molecule has 20 heavy (non-hydrogen) atoms. The minimum atomic E-state index is -0.536. The van der Waals surface area contributed by atoms with Crippen molar-refractivity contribution in [1.82, 2.24) is 4.98 Å². The maximum absolute atomic E-state index is 9.17. The Morgan fingerprint density at radius 3 is 2.35 bits per heavy atom. The maximum atomic E-state index is 9.17. The van der Waals surface area contributed by atoms with Crippen molar-refractivity contribution in [2.75, 3.05) is 0 Å². The van der Waals surface area contributed by atoms with Gasteiger partial charge in [0.25, 0.3) is 0 Å². The molecule has 0 radical (unpaired) electrons. The zero-order valence-electron chi connectivity index (χ0n) is 12.4. The highest BCUT2D eigenvalue weighted by molar-refractivity contribution is 6.63. The fourth-order valence-corrected chi connectivity index (χ4v) is 2.46. The van der Waals surface area contributed by atoms with Gasteiger partial charge in [0, 0.05) is 11.8 Å². The highest BCUT2D eigenvalue weighted by Crippen LogP contribution is 2.37. The molecule has 1 aromatic rings. The minimum absolute atomic E-state index is 0.325. The molecule has 1 aliphatic rings. The zero-order valence-corrected chi connectivity index (χ0v) is 13.2. The Hall–Kier alpha value is -1.09. The van der Waals surface area contributed by atoms with Crippen LogP contribution in [0.25, 0.3) is 0 Å². The standard InChI is InChI=1S/C14H18BClN2O2/c1-9(8-17)11-10(6-7-18-12(11)16)15-19-13(2,3)14(4,5)20-15/h6-7,9H,1-5H3. The molecule has 0 saturated carbocycles. The van der Waals surface area contributed by atoms with Crippen LogP contribution in [0.2, 0.25) is 5.15 Å². The van der Waals surface area contributed by atoms with Gasteiger partial charge < -0.3 is 9.31 Å². The Morgan fingerprint density at radius 2 is 1.85 bits per heavy atom. The fraction of sp³-hybridized carbons (Fsp3) is 0.571. The van der Waals surface area contributed by atoms with Gasteiger partial charge in [0.1, 0.15) is 5.15 Å². The summed E-state index contributed by atoms with van der Waals surface area (Å²) in [5.41, 5.74) is 0.592. The lowest BCUT2D eigenvalue weighted by atomic mass is 9.74. The lowest BCUT2D eigenvalue weighted by Gasteiger charge is -2.32. The molecule has 1 fully saturated rings. The monoisotopic (exact) mass is 292 g/mol. The quantitative estimate of drug-likeness (QED) is 0.621. The molecule has 1 unspecified atom stereocenters. The fourth-order valence-electron chi connectivity index (χ4n) is 2.13. The molecule has 1 saturated heterocycles. The summed E-state index contributed by atoms with van der Waals surface area (Å²) in [5, 5.41) is 9.49. The van der Waals surface area contributed by atoms with E-state index < -0.39 is 18.3 Å². The molecule has 2 rings (SSSR count). The summed E-state index contributed by atoms with van der Waals surface area (Å²) >= 11 is 6.15. The molecule has 6 heteroatoms. The average Bonchev–Trinajstić information content (AvgIpc) is 2.57. The highest BCUT2D eigenvalue weighted by atomic mass is 35.5. The molecule has 2 heterocycles. The van der Waals surface area contributed by atoms with Gasteiger partial charge in [-0.15, -0.1) is 0 Å². The Labute approximate surface area is 125 Å². The predicted octanol–water partition coefficient (Wildman–Crippen LogP) is 2.66. The Balaban J connectivity index is 2.46. The second kappa shape index (κ2) is 5.03. The van der Waals surface area contributed by atoms with Crippen LogP contribution in [0.5, 0.6) is 0 Å². The number of aromatic nitrogens is 1. The van der Waals surface area contributed by atoms with E-state index in [-0.39, 0.29) is 5.92 Å². The topological polar surface area (TPSA) is 55.1 Å². The summed E-state index contributed by atoms with van der Waals surface area (Å²) in [6, 6.07) is 3.99. The number of hydrogen-bond donors (Lipinski definition) is 0. The Morgan fingerprint density at radius 1 is 1.30 bits per heavy atom. The molecule has 106 valence electrons. The summed E-state index contributed by atoms with van der Waals surface area (Å²) in [5.74, 6) is -0.370. The van der Waals surface area contributed by atoms with E-state index in [0.29, 0.717) is 10.7 Å². The van der Waals surface area contributed by atoms with E-state index in [1.54, 1.807) is 19.2 Å². The van der Waals surface area contributed by atoms with Crippen LogP contribution in [0.4, 0.5) is 0 Å². The van der Waals surface area contributed by atoms with Crippen LogP contribution in [-0.2, 0) is 9.31 Å². The predicted molar refractivity (Wildman–Crippen MR) is 79.0 cm³/mol. The smallest absolute Gasteiger partial charge is 0.399 e. The first-order chi connectivity index (χ1) is 9.19. The SMILES string of the molecule is CC(C#N)c1c(B2OC(C)(C)C(C)(C)O2)ccnc1Cl. The van der Waals surface area contributed by atoms with Crippen LogP contribution >= 0.6 is 11.6 Å². The molecule has 0 aromatic carbocycles. The minimum Gasteiger partial charge on any atom is -0.399 e. The number of hydrogen-bond acceptors (Lipinski definition) is 4. The van der Waals surface area contributed by atoms with Gasteiger partial charge in [-0.3, -0.25) is 0 Å². The van der Waals surface area contributed by atoms with Crippen LogP contribution in [0, 0.1) is 11.3 Å². The van der Waals surface area contributed by atoms with Crippen LogP contribution < -0.4 is 5.46 Å². The Bertz CT molecular complexity index is 553. The molecular weight excluding hydrogens is 274 g/mol. The van der Waals surface area contributed by atoms with E-state index in [4.69, 9.17) is 26.2 Å². The first-order valence-corrected chi connectivity index (χ1v) is 6.97. The van der Waals surface area contributed by atoms with Crippen molar-refractivity contribution in [3.8, 4) is 6.07 Å². The van der Waals surface area contributed by atoms with Crippen molar-refractivity contribution in [3.05, 3.63) is 23.0 Å². The van der Waals surface area contributed by atoms with E-state index in [1.165, 1.54) is 0 Å². The molecule has 0 aliphatic carbocycles. The first-order valence-electron chi connectivity index (χ1n) is 6.59. The van der Waals surface area contributed by atoms with Crippen molar-refractivity contribution in [1.29, 1.82) is 5.26 Å². The first kappa shape index (κ1) is 15.3. The molecular formula is C14H18BClN2O2. The zero-order chi connectivity index (χ0) is 15.1. The number of pyridine rings is 1. The molecule has 0 bridgehead atoms. The van der Waals surface area contributed by atoms with Gasteiger partial charge >= 0.3 is 7.12 Å². The molecule has 1 atom stereocenters. The van der Waals surface area contributed by atoms with Gasteiger partial charge in [-0.1, -0.05) is 11.6 Å². The van der Waals surface area contributed by atoms with Gasteiger partial charge in [0.15, 0.2) is 0 Å². The third-order valence-corrected chi connectivity index (χ3v) is 4.41. The van der Waals surface area contributed by atoms with Crippen molar-refractivity contribution in [2.24, 2.45) is 0 Å². The third-order valence-electron chi connectivity index (χ3n) is 4.11. The van der Waals surface area contributed by atoms with Crippen molar-refractivity contribution in [3.63, 3.8) is 0 Å². The highest BCUT2D eigenvalue weighted by Gasteiger charge is 2.52. The van der Waals surface area contributed by atoms with Crippen molar-refractivity contribution < 1.29 is 9.31 Å². The summed E-state index contributed by atoms with van der Waals surface area (Å²) < 4.78 is 12.0. The Kier molecular flexibility index (Phi) is 3.85. The van der Waals surface area contributed by atoms with Gasteiger partial charge in [-0.05, 0) is 46.1 Å². The van der Waals surface area contributed by atoms with E-state index in [0.717, 1.165) is 5.46 Å². The number of nitrogens with zero attached hydrogens (tertiary/aromatic N) is 2. The molecule has 0 amide bonds. The number of nitriles is 1. The summed E-state index contributed by atoms with van der Waals surface area (Å²) in [6.45, 7) is 9.75. The maximum Gasteiger partial charge on any atom is 0.495 e. The summed E-state index contributed by atoms with van der Waals surface area (Å²) in [7, 11) is -0.536. The van der Waals surface area contributed by atoms with E-state index in [9.17, 15) is 0 Å². The lowest BCUT2D eigenvalue weighted by Crippen LogP contribution is -2.41. The van der Waals surface area contributed by atoms with Gasteiger partial charge in [-0.25, -0.2) is 4.98 Å². The van der Waals surface area contributed by atoms with Gasteiger partial charge in [0.05, 0.1) is 23.2 Å². The second-order valence-electron chi connectivity index (χ2n) is 6.04. The second-order valence-corrected chi connectivity index (χ2v) is 6.40. The van der Waals surface area contributed by atoms with E-state index in [2.05, 4.69) is 11.1 Å². The van der Waals surface area contributed by atoms with Crippen molar-refractivity contribution in [2.45, 2.75) is 51.7 Å². The molecule has 0 spiro atoms. The van der Waals surface area contributed by atoms with Crippen LogP contribution in [0.3, 0.4) is 0 Å². The normalized spacial score (nSPS) is 21.6. The summed E-state index contributed by atoms with van der Waals surface area (Å²) in [4.78, 5) is 4.06. The van der Waals surface area contributed by atoms with Crippen molar-refractivity contribution >= 4 is 24.2 Å². The summed E-state index contributed by atoms with van der Waals surface area (Å²) in [6.07, 6.45) is 1.61. The number of halogens is 1. The lowest BCUT2D eigenvalue weighted by molar-refractivity contribution is 0.00578. The van der Waals surface area contributed by atoms with Gasteiger partial charge in [-0.2, -0.15) is 5.26 Å². The van der Waals surface area contributed by atoms with E-state index in [1.807, 2.05) is 27.7 Å². The van der Waals surface area contributed by atoms with Gasteiger partial charge in [0.2, 0.25) is 0 Å². The largest absolute Gasteiger partial charge is 0.495 e. The van der Waals surface area contributed by atoms with Crippen LogP contribution in [-0.4, -0.2) is 23.3 Å². The number of rotatable bonds is 2.